The third-order valence-corrected chi connectivity index (χ3v) is 6.71. The lowest BCUT2D eigenvalue weighted by Gasteiger charge is -2.45. The molecule has 2 rings (SSSR count). The van der Waals surface area contributed by atoms with Gasteiger partial charge in [-0.25, -0.2) is 4.79 Å². The molecule has 1 heterocycles. The minimum absolute atomic E-state index is 0.0792. The second kappa shape index (κ2) is 11.6. The number of amides is 3. The van der Waals surface area contributed by atoms with Crippen LogP contribution >= 0.6 is 11.6 Å². The van der Waals surface area contributed by atoms with Crippen molar-refractivity contribution in [2.75, 3.05) is 19.6 Å². The standard InChI is InChI=1S/C26H41ClN4O4/c1-16(2)21(30-24(34)29-14-26(6,7)35-23(33)17(3)28)22(32)31-13-12-20(25(4,5)15-31)18-8-10-19(27)11-9-18/h8-11,16-17,20-21H,12-15,28H2,1-7H3,(H2,29,30,34)/t17-,20?,21?/m0/s1. The first-order valence-corrected chi connectivity index (χ1v) is 12.6. The van der Waals surface area contributed by atoms with E-state index in [1.165, 1.54) is 12.5 Å². The Morgan fingerprint density at radius 2 is 1.80 bits per heavy atom. The zero-order valence-corrected chi connectivity index (χ0v) is 22.7. The van der Waals surface area contributed by atoms with Crippen molar-refractivity contribution in [3.05, 3.63) is 34.9 Å². The number of hydrogen-bond acceptors (Lipinski definition) is 5. The molecule has 0 aliphatic carbocycles. The van der Waals surface area contributed by atoms with Crippen LogP contribution < -0.4 is 16.4 Å². The van der Waals surface area contributed by atoms with Gasteiger partial charge >= 0.3 is 12.0 Å². The van der Waals surface area contributed by atoms with E-state index in [1.807, 2.05) is 30.9 Å². The van der Waals surface area contributed by atoms with Crippen molar-refractivity contribution in [2.45, 2.75) is 78.5 Å². The average molecular weight is 509 g/mol. The van der Waals surface area contributed by atoms with Crippen LogP contribution in [-0.2, 0) is 14.3 Å². The molecule has 1 aromatic rings. The number of piperidine rings is 1. The molecule has 35 heavy (non-hydrogen) atoms. The van der Waals surface area contributed by atoms with Crippen molar-refractivity contribution >= 4 is 29.5 Å². The van der Waals surface area contributed by atoms with Gasteiger partial charge in [0.05, 0.1) is 6.54 Å². The van der Waals surface area contributed by atoms with E-state index in [0.717, 1.165) is 6.42 Å². The Labute approximate surface area is 214 Å². The van der Waals surface area contributed by atoms with E-state index in [0.29, 0.717) is 24.0 Å². The highest BCUT2D eigenvalue weighted by atomic mass is 35.5. The molecule has 8 nitrogen and oxygen atoms in total. The number of esters is 1. The Bertz CT molecular complexity index is 899. The monoisotopic (exact) mass is 508 g/mol. The molecule has 2 unspecified atom stereocenters. The normalized spacial score (nSPS) is 19.6. The van der Waals surface area contributed by atoms with Crippen LogP contribution in [0.2, 0.25) is 5.02 Å². The van der Waals surface area contributed by atoms with Gasteiger partial charge in [-0.05, 0) is 62.1 Å². The summed E-state index contributed by atoms with van der Waals surface area (Å²) in [6.07, 6.45) is 0.830. The molecular weight excluding hydrogens is 468 g/mol. The molecule has 1 saturated heterocycles. The van der Waals surface area contributed by atoms with Crippen LogP contribution in [0.15, 0.2) is 24.3 Å². The number of urea groups is 1. The predicted octanol–water partition coefficient (Wildman–Crippen LogP) is 3.67. The Kier molecular flexibility index (Phi) is 9.59. The number of rotatable bonds is 8. The maximum atomic E-state index is 13.5. The molecule has 9 heteroatoms. The van der Waals surface area contributed by atoms with Gasteiger partial charge in [0.2, 0.25) is 5.91 Å². The van der Waals surface area contributed by atoms with Crippen LogP contribution in [0.25, 0.3) is 0 Å². The third kappa shape index (κ3) is 8.10. The van der Waals surface area contributed by atoms with Gasteiger partial charge in [0.25, 0.3) is 0 Å². The molecule has 1 aliphatic rings. The maximum Gasteiger partial charge on any atom is 0.323 e. The number of nitrogens with zero attached hydrogens (tertiary/aromatic N) is 1. The lowest BCUT2D eigenvalue weighted by atomic mass is 9.70. The van der Waals surface area contributed by atoms with E-state index in [-0.39, 0.29) is 23.8 Å². The zero-order valence-electron chi connectivity index (χ0n) is 22.0. The summed E-state index contributed by atoms with van der Waals surface area (Å²) < 4.78 is 5.33. The van der Waals surface area contributed by atoms with E-state index >= 15 is 0 Å². The molecule has 0 radical (unpaired) electrons. The Balaban J connectivity index is 2.00. The van der Waals surface area contributed by atoms with Gasteiger partial charge in [-0.2, -0.15) is 0 Å². The Morgan fingerprint density at radius 3 is 2.31 bits per heavy atom. The number of hydrogen-bond donors (Lipinski definition) is 3. The summed E-state index contributed by atoms with van der Waals surface area (Å²) in [6, 6.07) is 6.01. The lowest BCUT2D eigenvalue weighted by Crippen LogP contribution is -2.58. The summed E-state index contributed by atoms with van der Waals surface area (Å²) in [5, 5.41) is 6.23. The molecule has 0 aromatic heterocycles. The fraction of sp³-hybridized carbons (Fsp3) is 0.654. The summed E-state index contributed by atoms with van der Waals surface area (Å²) in [7, 11) is 0. The highest BCUT2D eigenvalue weighted by Crippen LogP contribution is 2.42. The van der Waals surface area contributed by atoms with E-state index in [9.17, 15) is 14.4 Å². The number of ether oxygens (including phenoxy) is 1. The summed E-state index contributed by atoms with van der Waals surface area (Å²) in [5.41, 5.74) is 5.69. The first-order chi connectivity index (χ1) is 16.1. The Hall–Kier alpha value is -2.32. The molecule has 1 aliphatic heterocycles. The van der Waals surface area contributed by atoms with Gasteiger partial charge in [0, 0.05) is 18.1 Å². The second-order valence-electron chi connectivity index (χ2n) is 11.2. The van der Waals surface area contributed by atoms with Gasteiger partial charge in [-0.15, -0.1) is 0 Å². The molecule has 0 spiro atoms. The van der Waals surface area contributed by atoms with Crippen LogP contribution in [-0.4, -0.2) is 60.1 Å². The maximum absolute atomic E-state index is 13.5. The molecule has 196 valence electrons. The number of carbonyl (C=O) groups excluding carboxylic acids is 3. The third-order valence-electron chi connectivity index (χ3n) is 6.46. The quantitative estimate of drug-likeness (QED) is 0.463. The van der Waals surface area contributed by atoms with Crippen molar-refractivity contribution in [3.8, 4) is 0 Å². The molecule has 3 atom stereocenters. The number of carbonyl (C=O) groups is 3. The van der Waals surface area contributed by atoms with E-state index < -0.39 is 29.7 Å². The van der Waals surface area contributed by atoms with Crippen LogP contribution in [0.5, 0.6) is 0 Å². The summed E-state index contributed by atoms with van der Waals surface area (Å²) in [6.45, 7) is 14.3. The lowest BCUT2D eigenvalue weighted by molar-refractivity contribution is -0.157. The van der Waals surface area contributed by atoms with Crippen molar-refractivity contribution < 1.29 is 19.1 Å². The molecular formula is C26H41ClN4O4. The molecule has 1 aromatic carbocycles. The van der Waals surface area contributed by atoms with Crippen LogP contribution in [0, 0.1) is 11.3 Å². The largest absolute Gasteiger partial charge is 0.457 e. The topological polar surface area (TPSA) is 114 Å². The van der Waals surface area contributed by atoms with E-state index in [1.54, 1.807) is 13.8 Å². The van der Waals surface area contributed by atoms with Crippen molar-refractivity contribution in [2.24, 2.45) is 17.1 Å². The van der Waals surface area contributed by atoms with Crippen LogP contribution in [0.4, 0.5) is 4.79 Å². The van der Waals surface area contributed by atoms with Gasteiger partial charge in [0.1, 0.15) is 17.7 Å². The number of likely N-dealkylation sites (tertiary alicyclic amines) is 1. The number of nitrogens with two attached hydrogens (primary N) is 1. The highest BCUT2D eigenvalue weighted by molar-refractivity contribution is 6.30. The minimum atomic E-state index is -0.938. The van der Waals surface area contributed by atoms with Gasteiger partial charge in [0.15, 0.2) is 0 Å². The van der Waals surface area contributed by atoms with Crippen LogP contribution in [0.1, 0.15) is 66.4 Å². The average Bonchev–Trinajstić information content (AvgIpc) is 2.75. The molecule has 3 amide bonds. The van der Waals surface area contributed by atoms with E-state index in [2.05, 4.69) is 36.6 Å². The van der Waals surface area contributed by atoms with Gasteiger partial charge < -0.3 is 26.0 Å². The molecule has 1 fully saturated rings. The van der Waals surface area contributed by atoms with Crippen molar-refractivity contribution in [3.63, 3.8) is 0 Å². The Morgan fingerprint density at radius 1 is 1.20 bits per heavy atom. The fourth-order valence-electron chi connectivity index (χ4n) is 4.45. The van der Waals surface area contributed by atoms with Crippen LogP contribution in [0.3, 0.4) is 0 Å². The van der Waals surface area contributed by atoms with Gasteiger partial charge in [-0.1, -0.05) is 51.4 Å². The van der Waals surface area contributed by atoms with Gasteiger partial charge in [-0.3, -0.25) is 9.59 Å². The number of halogens is 1. The first kappa shape index (κ1) is 28.9. The van der Waals surface area contributed by atoms with E-state index in [4.69, 9.17) is 22.1 Å². The molecule has 0 saturated carbocycles. The fourth-order valence-corrected chi connectivity index (χ4v) is 4.58. The highest BCUT2D eigenvalue weighted by Gasteiger charge is 2.40. The summed E-state index contributed by atoms with van der Waals surface area (Å²) in [4.78, 5) is 39.7. The number of benzene rings is 1. The molecule has 0 bridgehead atoms. The summed E-state index contributed by atoms with van der Waals surface area (Å²) >= 11 is 6.05. The van der Waals surface area contributed by atoms with Crippen molar-refractivity contribution in [1.29, 1.82) is 0 Å². The number of nitrogens with one attached hydrogen (secondary N) is 2. The SMILES string of the molecule is CC(C)C(NC(=O)NCC(C)(C)OC(=O)[C@H](C)N)C(=O)N1CCC(c2ccc(Cl)cc2)C(C)(C)C1. The van der Waals surface area contributed by atoms with Crippen molar-refractivity contribution in [1.82, 2.24) is 15.5 Å². The smallest absolute Gasteiger partial charge is 0.323 e. The summed E-state index contributed by atoms with van der Waals surface area (Å²) in [5.74, 6) is -0.439. The minimum Gasteiger partial charge on any atom is -0.457 e. The molecule has 4 N–H and O–H groups in total. The first-order valence-electron chi connectivity index (χ1n) is 12.2. The second-order valence-corrected chi connectivity index (χ2v) is 11.6. The zero-order chi connectivity index (χ0) is 26.6. The predicted molar refractivity (Wildman–Crippen MR) is 138 cm³/mol.